The van der Waals surface area contributed by atoms with Crippen LogP contribution in [0.25, 0.3) is 17.0 Å². The third-order valence-corrected chi connectivity index (χ3v) is 5.51. The summed E-state index contributed by atoms with van der Waals surface area (Å²) in [5.41, 5.74) is 2.05. The van der Waals surface area contributed by atoms with Gasteiger partial charge in [-0.1, -0.05) is 29.8 Å². The second-order valence-corrected chi connectivity index (χ2v) is 7.79. The third kappa shape index (κ3) is 4.83. The fraction of sp³-hybridized carbons (Fsp3) is 0.208. The summed E-state index contributed by atoms with van der Waals surface area (Å²) in [6.07, 6.45) is 3.35. The average molecular weight is 449 g/mol. The zero-order valence-corrected chi connectivity index (χ0v) is 18.0. The molecule has 4 rings (SSSR count). The normalized spacial score (nSPS) is 14.2. The van der Waals surface area contributed by atoms with Gasteiger partial charge in [0.15, 0.2) is 0 Å². The topological polar surface area (TPSA) is 87.4 Å². The molecule has 7 nitrogen and oxygen atoms in total. The first kappa shape index (κ1) is 21.6. The number of ether oxygens (including phenoxy) is 1. The molecule has 0 saturated carbocycles. The van der Waals surface area contributed by atoms with Crippen molar-refractivity contribution in [1.29, 1.82) is 5.26 Å². The van der Waals surface area contributed by atoms with E-state index >= 15 is 0 Å². The Hall–Kier alpha value is -3.60. The van der Waals surface area contributed by atoms with Crippen molar-refractivity contribution in [1.82, 2.24) is 9.47 Å². The van der Waals surface area contributed by atoms with Crippen LogP contribution in [0.5, 0.6) is 0 Å². The number of anilines is 1. The van der Waals surface area contributed by atoms with Crippen molar-refractivity contribution in [3.05, 3.63) is 70.9 Å². The molecule has 1 aliphatic rings. The lowest BCUT2D eigenvalue weighted by molar-refractivity contribution is -0.135. The first-order valence-corrected chi connectivity index (χ1v) is 10.5. The number of nitrogens with zero attached hydrogens (tertiary/aromatic N) is 3. The fourth-order valence-corrected chi connectivity index (χ4v) is 3.74. The Morgan fingerprint density at radius 2 is 1.84 bits per heavy atom. The van der Waals surface area contributed by atoms with Crippen LogP contribution in [-0.2, 0) is 20.9 Å². The highest BCUT2D eigenvalue weighted by atomic mass is 35.5. The molecular formula is C24H21ClN4O3. The van der Waals surface area contributed by atoms with Crippen molar-refractivity contribution in [3.63, 3.8) is 0 Å². The molecule has 1 fully saturated rings. The third-order valence-electron chi connectivity index (χ3n) is 5.26. The minimum atomic E-state index is -0.518. The standard InChI is InChI=1S/C24H21ClN4O3/c25-19-5-7-20(8-6-19)27-24(31)17(14-26)13-18-15-29(22-4-2-1-3-21(18)22)16-23(30)28-9-11-32-12-10-28/h1-8,13,15H,9-12,16H2,(H,27,31)/b17-13+. The Morgan fingerprint density at radius 1 is 1.12 bits per heavy atom. The van der Waals surface area contributed by atoms with Gasteiger partial charge in [0.1, 0.15) is 18.2 Å². The maximum atomic E-state index is 12.7. The number of nitriles is 1. The molecule has 2 aromatic carbocycles. The zero-order valence-electron chi connectivity index (χ0n) is 17.3. The van der Waals surface area contributed by atoms with Gasteiger partial charge < -0.3 is 19.5 Å². The van der Waals surface area contributed by atoms with Gasteiger partial charge in [-0.2, -0.15) is 5.26 Å². The summed E-state index contributed by atoms with van der Waals surface area (Å²) in [6, 6.07) is 16.2. The van der Waals surface area contributed by atoms with Gasteiger partial charge in [-0.15, -0.1) is 0 Å². The van der Waals surface area contributed by atoms with E-state index in [1.165, 1.54) is 0 Å². The number of rotatable bonds is 5. The van der Waals surface area contributed by atoms with Crippen LogP contribution < -0.4 is 5.32 Å². The second kappa shape index (κ2) is 9.69. The molecule has 2 heterocycles. The van der Waals surface area contributed by atoms with Crippen LogP contribution in [-0.4, -0.2) is 47.6 Å². The molecule has 0 spiro atoms. The molecule has 0 atom stereocenters. The summed E-state index contributed by atoms with van der Waals surface area (Å²) in [7, 11) is 0. The summed E-state index contributed by atoms with van der Waals surface area (Å²) in [6.45, 7) is 2.41. The smallest absolute Gasteiger partial charge is 0.266 e. The molecule has 3 aromatic rings. The highest BCUT2D eigenvalue weighted by Crippen LogP contribution is 2.24. The fourth-order valence-electron chi connectivity index (χ4n) is 3.62. The van der Waals surface area contributed by atoms with Gasteiger partial charge in [0.05, 0.1) is 13.2 Å². The largest absolute Gasteiger partial charge is 0.378 e. The number of carbonyl (C=O) groups is 2. The lowest BCUT2D eigenvalue weighted by atomic mass is 10.1. The van der Waals surface area contributed by atoms with Gasteiger partial charge >= 0.3 is 0 Å². The van der Waals surface area contributed by atoms with E-state index in [2.05, 4.69) is 5.32 Å². The number of amides is 2. The summed E-state index contributed by atoms with van der Waals surface area (Å²) < 4.78 is 7.17. The Kier molecular flexibility index (Phi) is 6.55. The van der Waals surface area contributed by atoms with Crippen molar-refractivity contribution in [2.45, 2.75) is 6.54 Å². The van der Waals surface area contributed by atoms with Crippen LogP contribution in [0.2, 0.25) is 5.02 Å². The highest BCUT2D eigenvalue weighted by molar-refractivity contribution is 6.30. The van der Waals surface area contributed by atoms with Crippen LogP contribution >= 0.6 is 11.6 Å². The van der Waals surface area contributed by atoms with Crippen LogP contribution in [0, 0.1) is 11.3 Å². The number of hydrogen-bond acceptors (Lipinski definition) is 4. The molecule has 162 valence electrons. The van der Waals surface area contributed by atoms with Gasteiger partial charge in [0.25, 0.3) is 5.91 Å². The number of fused-ring (bicyclic) bond motifs is 1. The van der Waals surface area contributed by atoms with Crippen molar-refractivity contribution in [2.75, 3.05) is 31.6 Å². The molecule has 8 heteroatoms. The van der Waals surface area contributed by atoms with Gasteiger partial charge in [0, 0.05) is 46.5 Å². The zero-order chi connectivity index (χ0) is 22.5. The van der Waals surface area contributed by atoms with Gasteiger partial charge in [-0.3, -0.25) is 9.59 Å². The van der Waals surface area contributed by atoms with Crippen LogP contribution in [0.15, 0.2) is 60.3 Å². The number of nitrogens with one attached hydrogen (secondary N) is 1. The first-order chi connectivity index (χ1) is 15.5. The summed E-state index contributed by atoms with van der Waals surface area (Å²) in [4.78, 5) is 27.2. The molecule has 1 aromatic heterocycles. The van der Waals surface area contributed by atoms with E-state index in [1.54, 1.807) is 41.4 Å². The number of carbonyl (C=O) groups excluding carboxylic acids is 2. The van der Waals surface area contributed by atoms with Crippen molar-refractivity contribution in [3.8, 4) is 6.07 Å². The van der Waals surface area contributed by atoms with Crippen molar-refractivity contribution >= 4 is 46.1 Å². The Morgan fingerprint density at radius 3 is 2.56 bits per heavy atom. The number of benzene rings is 2. The van der Waals surface area contributed by atoms with Gasteiger partial charge in [-0.25, -0.2) is 0 Å². The molecule has 1 N–H and O–H groups in total. The molecule has 32 heavy (non-hydrogen) atoms. The van der Waals surface area contributed by atoms with E-state index in [4.69, 9.17) is 16.3 Å². The minimum Gasteiger partial charge on any atom is -0.378 e. The van der Waals surface area contributed by atoms with E-state index in [1.807, 2.05) is 34.9 Å². The predicted molar refractivity (Wildman–Crippen MR) is 123 cm³/mol. The highest BCUT2D eigenvalue weighted by Gasteiger charge is 2.19. The van der Waals surface area contributed by atoms with E-state index in [0.717, 1.165) is 10.9 Å². The molecule has 0 unspecified atom stereocenters. The van der Waals surface area contributed by atoms with E-state index in [0.29, 0.717) is 42.6 Å². The maximum absolute atomic E-state index is 12.7. The number of hydrogen-bond donors (Lipinski definition) is 1. The van der Waals surface area contributed by atoms with E-state index in [9.17, 15) is 14.9 Å². The second-order valence-electron chi connectivity index (χ2n) is 7.35. The summed E-state index contributed by atoms with van der Waals surface area (Å²) in [5, 5.41) is 13.7. The summed E-state index contributed by atoms with van der Waals surface area (Å²) in [5.74, 6) is -0.512. The van der Waals surface area contributed by atoms with Crippen LogP contribution in [0.1, 0.15) is 5.56 Å². The summed E-state index contributed by atoms with van der Waals surface area (Å²) >= 11 is 5.88. The molecule has 1 aliphatic heterocycles. The van der Waals surface area contributed by atoms with Crippen LogP contribution in [0.3, 0.4) is 0 Å². The molecular weight excluding hydrogens is 428 g/mol. The van der Waals surface area contributed by atoms with Crippen molar-refractivity contribution in [2.24, 2.45) is 0 Å². The van der Waals surface area contributed by atoms with Gasteiger partial charge in [0.2, 0.25) is 5.91 Å². The SMILES string of the molecule is N#C/C(=C\c1cn(CC(=O)N2CCOCC2)c2ccccc12)C(=O)Nc1ccc(Cl)cc1. The number of halogens is 1. The van der Waals surface area contributed by atoms with E-state index < -0.39 is 5.91 Å². The lowest BCUT2D eigenvalue weighted by Gasteiger charge is -2.27. The van der Waals surface area contributed by atoms with Crippen LogP contribution in [0.4, 0.5) is 5.69 Å². The Balaban J connectivity index is 1.60. The molecule has 0 bridgehead atoms. The number of para-hydroxylation sites is 1. The molecule has 2 amide bonds. The molecule has 1 saturated heterocycles. The van der Waals surface area contributed by atoms with Gasteiger partial charge in [-0.05, 0) is 36.4 Å². The Labute approximate surface area is 190 Å². The van der Waals surface area contributed by atoms with E-state index in [-0.39, 0.29) is 18.0 Å². The maximum Gasteiger partial charge on any atom is 0.266 e. The molecule has 0 aliphatic carbocycles. The quantitative estimate of drug-likeness (QED) is 0.476. The Bertz CT molecular complexity index is 1220. The molecule has 0 radical (unpaired) electrons. The minimum absolute atomic E-state index is 0.00516. The predicted octanol–water partition coefficient (Wildman–Crippen LogP) is 3.70. The lowest BCUT2D eigenvalue weighted by Crippen LogP contribution is -2.42. The number of morpholine rings is 1. The first-order valence-electron chi connectivity index (χ1n) is 10.2. The average Bonchev–Trinajstić information content (AvgIpc) is 3.16. The van der Waals surface area contributed by atoms with Crippen molar-refractivity contribution < 1.29 is 14.3 Å². The monoisotopic (exact) mass is 448 g/mol. The number of aromatic nitrogens is 1.